The molecule has 3 atom stereocenters. The van der Waals surface area contributed by atoms with Crippen LogP contribution in [0.25, 0.3) is 6.08 Å². The third kappa shape index (κ3) is 6.41. The average molecular weight is 445 g/mol. The molecule has 32 heavy (non-hydrogen) atoms. The van der Waals surface area contributed by atoms with Crippen LogP contribution in [0.5, 0.6) is 5.75 Å². The molecular weight excluding hydrogens is 412 g/mol. The maximum Gasteiger partial charge on any atom is 0.342 e. The zero-order valence-electron chi connectivity index (χ0n) is 18.4. The first-order chi connectivity index (χ1) is 15.3. The molecule has 2 aliphatic heterocycles. The van der Waals surface area contributed by atoms with Crippen LogP contribution in [0.1, 0.15) is 48.5 Å². The molecule has 8 nitrogen and oxygen atoms in total. The lowest BCUT2D eigenvalue weighted by molar-refractivity contribution is -0.127. The normalized spacial score (nSPS) is 27.3. The minimum absolute atomic E-state index is 0.000977. The number of benzene rings is 1. The van der Waals surface area contributed by atoms with Crippen molar-refractivity contribution in [2.75, 3.05) is 31.5 Å². The number of esters is 1. The van der Waals surface area contributed by atoms with Gasteiger partial charge in [0, 0.05) is 31.3 Å². The highest BCUT2D eigenvalue weighted by molar-refractivity contribution is 5.97. The molecule has 0 saturated carbocycles. The minimum Gasteiger partial charge on any atom is -0.507 e. The molecule has 2 heterocycles. The Balaban J connectivity index is 1.83. The predicted molar refractivity (Wildman–Crippen MR) is 122 cm³/mol. The van der Waals surface area contributed by atoms with E-state index in [2.05, 4.69) is 10.2 Å². The third-order valence-electron chi connectivity index (χ3n) is 5.70. The van der Waals surface area contributed by atoms with Gasteiger partial charge in [-0.3, -0.25) is 4.79 Å². The molecule has 2 aliphatic rings. The van der Waals surface area contributed by atoms with Gasteiger partial charge in [-0.1, -0.05) is 18.2 Å². The van der Waals surface area contributed by atoms with Crippen LogP contribution in [0, 0.1) is 0 Å². The Hall–Kier alpha value is -2.68. The largest absolute Gasteiger partial charge is 0.507 e. The van der Waals surface area contributed by atoms with Crippen LogP contribution in [0.3, 0.4) is 0 Å². The summed E-state index contributed by atoms with van der Waals surface area (Å²) in [6.07, 6.45) is 5.12. The smallest absolute Gasteiger partial charge is 0.342 e. The predicted octanol–water partition coefficient (Wildman–Crippen LogP) is 2.10. The summed E-state index contributed by atoms with van der Waals surface area (Å²) in [5.41, 5.74) is 1.11. The fourth-order valence-electron chi connectivity index (χ4n) is 3.89. The number of nitrogens with zero attached hydrogens (tertiary/aromatic N) is 1. The Morgan fingerprint density at radius 2 is 1.81 bits per heavy atom. The van der Waals surface area contributed by atoms with Crippen molar-refractivity contribution in [1.82, 2.24) is 4.90 Å². The first kappa shape index (κ1) is 24.0. The van der Waals surface area contributed by atoms with Crippen molar-refractivity contribution in [1.29, 1.82) is 0 Å². The molecule has 8 heteroatoms. The zero-order valence-corrected chi connectivity index (χ0v) is 18.4. The Morgan fingerprint density at radius 1 is 1.09 bits per heavy atom. The second-order valence-electron chi connectivity index (χ2n) is 8.34. The molecule has 0 radical (unpaired) electrons. The number of hydrogen-bond donors (Lipinski definition) is 4. The van der Waals surface area contributed by atoms with Crippen molar-refractivity contribution in [3.8, 4) is 5.75 Å². The molecule has 0 spiro atoms. The second kappa shape index (κ2) is 11.3. The van der Waals surface area contributed by atoms with Gasteiger partial charge < -0.3 is 30.3 Å². The summed E-state index contributed by atoms with van der Waals surface area (Å²) in [6.45, 7) is 5.44. The SMILES string of the molecule is C[C@H]1C/C=C\C(=O)[C@@H](O)C(O)C/C=C/c2cc(NCCN3CCCC3)cc(O)c2C(=O)O1. The summed E-state index contributed by atoms with van der Waals surface area (Å²) in [5, 5.41) is 34.0. The number of carbonyl (C=O) groups is 2. The molecule has 1 aromatic rings. The van der Waals surface area contributed by atoms with Crippen molar-refractivity contribution in [2.45, 2.75) is 50.9 Å². The van der Waals surface area contributed by atoms with E-state index in [1.165, 1.54) is 31.1 Å². The van der Waals surface area contributed by atoms with Gasteiger partial charge in [-0.25, -0.2) is 4.79 Å². The fraction of sp³-hybridized carbons (Fsp3) is 0.500. The summed E-state index contributed by atoms with van der Waals surface area (Å²) in [4.78, 5) is 27.1. The number of ether oxygens (including phenoxy) is 1. The highest BCUT2D eigenvalue weighted by Crippen LogP contribution is 2.29. The Bertz CT molecular complexity index is 875. The number of anilines is 1. The summed E-state index contributed by atoms with van der Waals surface area (Å²) in [6, 6.07) is 3.24. The highest BCUT2D eigenvalue weighted by Gasteiger charge is 2.23. The summed E-state index contributed by atoms with van der Waals surface area (Å²) < 4.78 is 5.44. The van der Waals surface area contributed by atoms with Gasteiger partial charge in [0.05, 0.1) is 6.10 Å². The molecule has 1 aromatic carbocycles. The molecule has 174 valence electrons. The van der Waals surface area contributed by atoms with Gasteiger partial charge in [0.25, 0.3) is 0 Å². The van der Waals surface area contributed by atoms with E-state index >= 15 is 0 Å². The molecule has 4 N–H and O–H groups in total. The number of cyclic esters (lactones) is 1. The number of phenolic OH excluding ortho intramolecular Hbond substituents is 1. The zero-order chi connectivity index (χ0) is 23.1. The number of rotatable bonds is 4. The molecule has 0 aromatic heterocycles. The third-order valence-corrected chi connectivity index (χ3v) is 5.70. The number of nitrogens with one attached hydrogen (secondary N) is 1. The van der Waals surface area contributed by atoms with E-state index in [9.17, 15) is 24.9 Å². The van der Waals surface area contributed by atoms with Gasteiger partial charge in [-0.2, -0.15) is 0 Å². The van der Waals surface area contributed by atoms with E-state index in [-0.39, 0.29) is 24.2 Å². The lowest BCUT2D eigenvalue weighted by atomic mass is 10.0. The molecule has 1 saturated heterocycles. The van der Waals surface area contributed by atoms with Crippen LogP contribution in [-0.4, -0.2) is 76.5 Å². The van der Waals surface area contributed by atoms with E-state index in [0.29, 0.717) is 17.8 Å². The van der Waals surface area contributed by atoms with Gasteiger partial charge in [-0.05, 0) is 57.0 Å². The van der Waals surface area contributed by atoms with Crippen LogP contribution >= 0.6 is 0 Å². The quantitative estimate of drug-likeness (QED) is 0.522. The van der Waals surface area contributed by atoms with E-state index in [1.54, 1.807) is 25.1 Å². The number of likely N-dealkylation sites (tertiary alicyclic amines) is 1. The summed E-state index contributed by atoms with van der Waals surface area (Å²) in [7, 11) is 0. The Kier molecular flexibility index (Phi) is 8.44. The van der Waals surface area contributed by atoms with E-state index in [4.69, 9.17) is 4.74 Å². The van der Waals surface area contributed by atoms with Crippen molar-refractivity contribution in [2.24, 2.45) is 0 Å². The Morgan fingerprint density at radius 3 is 2.56 bits per heavy atom. The number of aliphatic hydroxyl groups is 2. The molecular formula is C24H32N2O6. The van der Waals surface area contributed by atoms with E-state index in [1.807, 2.05) is 0 Å². The molecule has 1 fully saturated rings. The number of phenols is 1. The fourth-order valence-corrected chi connectivity index (χ4v) is 3.89. The molecule has 1 unspecified atom stereocenters. The number of ketones is 1. The number of fused-ring (bicyclic) bond motifs is 1. The maximum absolute atomic E-state index is 12.8. The molecule has 0 amide bonds. The maximum atomic E-state index is 12.8. The lowest BCUT2D eigenvalue weighted by Crippen LogP contribution is -2.32. The van der Waals surface area contributed by atoms with Gasteiger partial charge in [0.2, 0.25) is 0 Å². The topological polar surface area (TPSA) is 119 Å². The van der Waals surface area contributed by atoms with Crippen molar-refractivity contribution in [3.63, 3.8) is 0 Å². The second-order valence-corrected chi connectivity index (χ2v) is 8.34. The number of aliphatic hydroxyl groups excluding tert-OH is 2. The number of hydrogen-bond acceptors (Lipinski definition) is 8. The van der Waals surface area contributed by atoms with Crippen molar-refractivity contribution >= 4 is 23.5 Å². The minimum atomic E-state index is -1.54. The molecule has 0 bridgehead atoms. The van der Waals surface area contributed by atoms with Crippen LogP contribution in [-0.2, 0) is 9.53 Å². The van der Waals surface area contributed by atoms with Gasteiger partial charge in [0.1, 0.15) is 23.5 Å². The van der Waals surface area contributed by atoms with Crippen molar-refractivity contribution < 1.29 is 29.6 Å². The number of carbonyl (C=O) groups excluding carboxylic acids is 2. The van der Waals surface area contributed by atoms with Gasteiger partial charge in [0.15, 0.2) is 5.78 Å². The monoisotopic (exact) mass is 444 g/mol. The van der Waals surface area contributed by atoms with Crippen molar-refractivity contribution in [3.05, 3.63) is 41.5 Å². The van der Waals surface area contributed by atoms with Gasteiger partial charge in [-0.15, -0.1) is 0 Å². The Labute approximate surface area is 188 Å². The molecule has 3 rings (SSSR count). The highest BCUT2D eigenvalue weighted by atomic mass is 16.5. The average Bonchev–Trinajstić information content (AvgIpc) is 3.25. The van der Waals surface area contributed by atoms with E-state index < -0.39 is 30.1 Å². The lowest BCUT2D eigenvalue weighted by Gasteiger charge is -2.18. The summed E-state index contributed by atoms with van der Waals surface area (Å²) >= 11 is 0. The first-order valence-electron chi connectivity index (χ1n) is 11.1. The first-order valence-corrected chi connectivity index (χ1v) is 11.1. The molecule has 0 aliphatic carbocycles. The van der Waals surface area contributed by atoms with Crippen LogP contribution < -0.4 is 5.32 Å². The standard InChI is InChI=1S/C24H32N2O6/c1-16-6-4-8-19(27)23(30)20(28)9-5-7-17-14-18(15-21(29)22(17)24(31)32-16)25-10-13-26-11-2-3-12-26/h4-5,7-8,14-16,20,23,25,28-30H,2-3,6,9-13H2,1H3/b7-5+,8-4-/t16-,20?,23+/m0/s1. The van der Waals surface area contributed by atoms with Gasteiger partial charge >= 0.3 is 5.97 Å². The van der Waals surface area contributed by atoms with E-state index in [0.717, 1.165) is 19.6 Å². The van der Waals surface area contributed by atoms with Crippen LogP contribution in [0.15, 0.2) is 30.4 Å². The van der Waals surface area contributed by atoms with Crippen LogP contribution in [0.4, 0.5) is 5.69 Å². The van der Waals surface area contributed by atoms with Crippen LogP contribution in [0.2, 0.25) is 0 Å². The number of aromatic hydroxyl groups is 1. The summed E-state index contributed by atoms with van der Waals surface area (Å²) in [5.74, 6) is -1.48.